The predicted molar refractivity (Wildman–Crippen MR) is 74.1 cm³/mol. The summed E-state index contributed by atoms with van der Waals surface area (Å²) < 4.78 is 3.10. The highest BCUT2D eigenvalue weighted by Gasteiger charge is 2.08. The van der Waals surface area contributed by atoms with Crippen LogP contribution in [-0.2, 0) is 13.6 Å². The number of aromatic nitrogens is 2. The van der Waals surface area contributed by atoms with Crippen LogP contribution in [0.3, 0.4) is 0 Å². The van der Waals surface area contributed by atoms with E-state index in [4.69, 9.17) is 0 Å². The van der Waals surface area contributed by atoms with Gasteiger partial charge in [0.15, 0.2) is 0 Å². The minimum atomic E-state index is 0.842. The van der Waals surface area contributed by atoms with Gasteiger partial charge in [-0.2, -0.15) is 5.10 Å². The Labute approximate surface area is 109 Å². The Morgan fingerprint density at radius 3 is 2.62 bits per heavy atom. The van der Waals surface area contributed by atoms with E-state index in [9.17, 15) is 0 Å². The van der Waals surface area contributed by atoms with Crippen LogP contribution in [0.15, 0.2) is 30.5 Å². The number of benzene rings is 1. The van der Waals surface area contributed by atoms with E-state index in [1.807, 2.05) is 18.8 Å². The van der Waals surface area contributed by atoms with Crippen molar-refractivity contribution in [3.8, 4) is 11.3 Å². The molecule has 0 fully saturated rings. The number of nitrogens with zero attached hydrogens (tertiary/aromatic N) is 2. The summed E-state index contributed by atoms with van der Waals surface area (Å²) in [6, 6.07) is 8.44. The summed E-state index contributed by atoms with van der Waals surface area (Å²) >= 11 is 2.31. The zero-order valence-corrected chi connectivity index (χ0v) is 11.5. The van der Waals surface area contributed by atoms with E-state index in [0.717, 1.165) is 12.2 Å². The molecular formula is C12H14IN3. The van der Waals surface area contributed by atoms with Gasteiger partial charge < -0.3 is 5.32 Å². The van der Waals surface area contributed by atoms with Crippen molar-refractivity contribution in [2.24, 2.45) is 7.05 Å². The Balaban J connectivity index is 2.42. The van der Waals surface area contributed by atoms with E-state index in [0.29, 0.717) is 0 Å². The molecule has 2 rings (SSSR count). The molecule has 0 amide bonds. The summed E-state index contributed by atoms with van der Waals surface area (Å²) in [5, 5.41) is 7.67. The van der Waals surface area contributed by atoms with Crippen molar-refractivity contribution in [3.63, 3.8) is 0 Å². The van der Waals surface area contributed by atoms with Crippen LogP contribution in [0, 0.1) is 3.57 Å². The van der Waals surface area contributed by atoms with Crippen LogP contribution in [0.2, 0.25) is 0 Å². The first-order valence-corrected chi connectivity index (χ1v) is 6.21. The molecular weight excluding hydrogens is 313 g/mol. The van der Waals surface area contributed by atoms with Crippen molar-refractivity contribution < 1.29 is 0 Å². The largest absolute Gasteiger partial charge is 0.316 e. The van der Waals surface area contributed by atoms with Crippen molar-refractivity contribution in [1.29, 1.82) is 0 Å². The highest BCUT2D eigenvalue weighted by Crippen LogP contribution is 2.22. The molecule has 0 aliphatic rings. The first-order chi connectivity index (χ1) is 7.70. The number of halogens is 1. The summed E-state index contributed by atoms with van der Waals surface area (Å²) in [4.78, 5) is 0. The van der Waals surface area contributed by atoms with Gasteiger partial charge >= 0.3 is 0 Å². The van der Waals surface area contributed by atoms with Gasteiger partial charge in [-0.15, -0.1) is 0 Å². The standard InChI is InChI=1S/C12H14IN3/c1-14-7-10-8-16(2)15-12(10)9-3-5-11(13)6-4-9/h3-6,8,14H,7H2,1-2H3. The average Bonchev–Trinajstić information content (AvgIpc) is 2.61. The van der Waals surface area contributed by atoms with Gasteiger partial charge in [-0.25, -0.2) is 0 Å². The molecule has 1 aromatic heterocycles. The maximum Gasteiger partial charge on any atom is 0.0967 e. The summed E-state index contributed by atoms with van der Waals surface area (Å²) in [5.74, 6) is 0. The van der Waals surface area contributed by atoms with Crippen LogP contribution in [0.5, 0.6) is 0 Å². The van der Waals surface area contributed by atoms with Gasteiger partial charge in [-0.05, 0) is 41.8 Å². The highest BCUT2D eigenvalue weighted by molar-refractivity contribution is 14.1. The van der Waals surface area contributed by atoms with E-state index in [-0.39, 0.29) is 0 Å². The zero-order valence-electron chi connectivity index (χ0n) is 9.37. The number of hydrogen-bond acceptors (Lipinski definition) is 2. The number of hydrogen-bond donors (Lipinski definition) is 1. The maximum absolute atomic E-state index is 4.50. The van der Waals surface area contributed by atoms with Crippen molar-refractivity contribution >= 4 is 22.6 Å². The molecule has 0 aliphatic heterocycles. The summed E-state index contributed by atoms with van der Waals surface area (Å²) in [6.07, 6.45) is 2.06. The van der Waals surface area contributed by atoms with Crippen molar-refractivity contribution in [3.05, 3.63) is 39.6 Å². The van der Waals surface area contributed by atoms with Crippen LogP contribution in [0.1, 0.15) is 5.56 Å². The normalized spacial score (nSPS) is 10.7. The van der Waals surface area contributed by atoms with Crippen LogP contribution < -0.4 is 5.32 Å². The highest BCUT2D eigenvalue weighted by atomic mass is 127. The second kappa shape index (κ2) is 4.97. The van der Waals surface area contributed by atoms with Crippen molar-refractivity contribution in [1.82, 2.24) is 15.1 Å². The van der Waals surface area contributed by atoms with Gasteiger partial charge in [0.05, 0.1) is 5.69 Å². The Kier molecular flexibility index (Phi) is 3.60. The molecule has 0 bridgehead atoms. The van der Waals surface area contributed by atoms with E-state index in [2.05, 4.69) is 63.5 Å². The molecule has 0 aliphatic carbocycles. The molecule has 0 atom stereocenters. The molecule has 0 saturated heterocycles. The molecule has 1 N–H and O–H groups in total. The van der Waals surface area contributed by atoms with Gasteiger partial charge in [-0.3, -0.25) is 4.68 Å². The molecule has 2 aromatic rings. The molecule has 0 saturated carbocycles. The van der Waals surface area contributed by atoms with E-state index in [1.165, 1.54) is 14.7 Å². The van der Waals surface area contributed by atoms with E-state index < -0.39 is 0 Å². The first kappa shape index (κ1) is 11.6. The molecule has 4 heteroatoms. The smallest absolute Gasteiger partial charge is 0.0967 e. The Bertz CT molecular complexity index is 474. The number of nitrogens with one attached hydrogen (secondary N) is 1. The Morgan fingerprint density at radius 2 is 2.00 bits per heavy atom. The third kappa shape index (κ3) is 2.44. The average molecular weight is 327 g/mol. The van der Waals surface area contributed by atoms with Crippen LogP contribution in [-0.4, -0.2) is 16.8 Å². The fraction of sp³-hybridized carbons (Fsp3) is 0.250. The second-order valence-corrected chi connectivity index (χ2v) is 4.96. The fourth-order valence-electron chi connectivity index (χ4n) is 1.71. The third-order valence-electron chi connectivity index (χ3n) is 2.39. The van der Waals surface area contributed by atoms with E-state index in [1.54, 1.807) is 0 Å². The lowest BCUT2D eigenvalue weighted by molar-refractivity contribution is 0.765. The van der Waals surface area contributed by atoms with Gasteiger partial charge in [0.25, 0.3) is 0 Å². The molecule has 0 radical (unpaired) electrons. The SMILES string of the molecule is CNCc1cn(C)nc1-c1ccc(I)cc1. The molecule has 1 heterocycles. The van der Waals surface area contributed by atoms with Gasteiger partial charge in [0.2, 0.25) is 0 Å². The summed E-state index contributed by atoms with van der Waals surface area (Å²) in [7, 11) is 3.90. The van der Waals surface area contributed by atoms with Gasteiger partial charge in [0, 0.05) is 34.5 Å². The number of rotatable bonds is 3. The fourth-order valence-corrected chi connectivity index (χ4v) is 2.07. The zero-order chi connectivity index (χ0) is 11.5. The van der Waals surface area contributed by atoms with Gasteiger partial charge in [0.1, 0.15) is 0 Å². The molecule has 16 heavy (non-hydrogen) atoms. The molecule has 0 spiro atoms. The Hall–Kier alpha value is -0.880. The lowest BCUT2D eigenvalue weighted by atomic mass is 10.1. The lowest BCUT2D eigenvalue weighted by Gasteiger charge is -2.01. The topological polar surface area (TPSA) is 29.9 Å². The minimum absolute atomic E-state index is 0.842. The third-order valence-corrected chi connectivity index (χ3v) is 3.11. The molecule has 0 unspecified atom stereocenters. The molecule has 84 valence electrons. The summed E-state index contributed by atoms with van der Waals surface area (Å²) in [6.45, 7) is 0.842. The van der Waals surface area contributed by atoms with Crippen molar-refractivity contribution in [2.45, 2.75) is 6.54 Å². The minimum Gasteiger partial charge on any atom is -0.316 e. The summed E-state index contributed by atoms with van der Waals surface area (Å²) in [5.41, 5.74) is 3.46. The molecule has 3 nitrogen and oxygen atoms in total. The molecule has 1 aromatic carbocycles. The predicted octanol–water partition coefficient (Wildman–Crippen LogP) is 2.41. The maximum atomic E-state index is 4.50. The monoisotopic (exact) mass is 327 g/mol. The second-order valence-electron chi connectivity index (χ2n) is 3.71. The van der Waals surface area contributed by atoms with Crippen LogP contribution in [0.4, 0.5) is 0 Å². The van der Waals surface area contributed by atoms with Crippen molar-refractivity contribution in [2.75, 3.05) is 7.05 Å². The van der Waals surface area contributed by atoms with E-state index >= 15 is 0 Å². The first-order valence-electron chi connectivity index (χ1n) is 5.14. The van der Waals surface area contributed by atoms with Gasteiger partial charge in [-0.1, -0.05) is 12.1 Å². The Morgan fingerprint density at radius 1 is 1.31 bits per heavy atom. The number of aryl methyl sites for hydroxylation is 1. The quantitative estimate of drug-likeness (QED) is 0.878. The van der Waals surface area contributed by atoms with Crippen LogP contribution >= 0.6 is 22.6 Å². The lowest BCUT2D eigenvalue weighted by Crippen LogP contribution is -2.05. The van der Waals surface area contributed by atoms with Crippen LogP contribution in [0.25, 0.3) is 11.3 Å².